The first kappa shape index (κ1) is 33.5. The number of aliphatic hydroxyl groups is 8. The van der Waals surface area contributed by atoms with Crippen LogP contribution in [0.4, 0.5) is 5.69 Å². The third-order valence-electron chi connectivity index (χ3n) is 5.83. The zero-order chi connectivity index (χ0) is 29.7. The van der Waals surface area contributed by atoms with E-state index in [0.29, 0.717) is 0 Å². The van der Waals surface area contributed by atoms with Crippen LogP contribution in [0.5, 0.6) is 0 Å². The summed E-state index contributed by atoms with van der Waals surface area (Å²) in [6.45, 7) is 0.000396. The SMILES string of the molecule is CC(OP(=O)(O)O)c1ccccc1[N+](=O)[O-].OC[C@H]1O[C@H](O[C@H]2O[C@H](CO)[C@@H](O)[C@H](O)[C@H]2O)[C@H](O)[C@@H](O)[C@@H]1O. The molecule has 0 aromatic heterocycles. The maximum absolute atomic E-state index is 10.6. The molecule has 2 fully saturated rings. The molecule has 0 spiro atoms. The number of nitro benzene ring substituents is 1. The molecule has 2 heterocycles. The van der Waals surface area contributed by atoms with Crippen molar-refractivity contribution >= 4 is 13.5 Å². The lowest BCUT2D eigenvalue weighted by Crippen LogP contribution is -2.63. The Labute approximate surface area is 220 Å². The Bertz CT molecular complexity index is 941. The summed E-state index contributed by atoms with van der Waals surface area (Å²) in [6, 6.07) is 5.63. The molecule has 2 aliphatic rings. The van der Waals surface area contributed by atoms with Gasteiger partial charge in [0.1, 0.15) is 48.8 Å². The maximum atomic E-state index is 10.6. The number of phosphoric acid groups is 1. The van der Waals surface area contributed by atoms with E-state index in [1.807, 2.05) is 0 Å². The van der Waals surface area contributed by atoms with Crippen LogP contribution in [0, 0.1) is 10.1 Å². The van der Waals surface area contributed by atoms with Gasteiger partial charge < -0.3 is 64.8 Å². The highest BCUT2D eigenvalue weighted by Crippen LogP contribution is 2.43. The van der Waals surface area contributed by atoms with E-state index < -0.39 is 93.5 Å². The van der Waals surface area contributed by atoms with E-state index in [2.05, 4.69) is 4.52 Å². The van der Waals surface area contributed by atoms with Gasteiger partial charge >= 0.3 is 7.82 Å². The highest BCUT2D eigenvalue weighted by atomic mass is 31.2. The van der Waals surface area contributed by atoms with E-state index in [4.69, 9.17) is 34.2 Å². The number of para-hydroxylation sites is 1. The van der Waals surface area contributed by atoms with E-state index in [0.717, 1.165) is 0 Å². The maximum Gasteiger partial charge on any atom is 0.470 e. The number of hydrogen-bond donors (Lipinski definition) is 10. The van der Waals surface area contributed by atoms with Crippen LogP contribution >= 0.6 is 7.82 Å². The molecule has 18 nitrogen and oxygen atoms in total. The smallest absolute Gasteiger partial charge is 0.394 e. The van der Waals surface area contributed by atoms with Crippen molar-refractivity contribution in [3.05, 3.63) is 39.9 Å². The quantitative estimate of drug-likeness (QED) is 0.0794. The van der Waals surface area contributed by atoms with Crippen molar-refractivity contribution in [1.82, 2.24) is 0 Å². The fraction of sp³-hybridized carbons (Fsp3) is 0.700. The molecule has 224 valence electrons. The minimum atomic E-state index is -4.66. The zero-order valence-electron chi connectivity index (χ0n) is 20.3. The third-order valence-corrected chi connectivity index (χ3v) is 6.42. The summed E-state index contributed by atoms with van der Waals surface area (Å²) < 4.78 is 30.3. The minimum Gasteiger partial charge on any atom is -0.394 e. The summed E-state index contributed by atoms with van der Waals surface area (Å²) in [5.41, 5.74) is -0.112. The highest BCUT2D eigenvalue weighted by Gasteiger charge is 2.49. The predicted octanol–water partition coefficient (Wildman–Crippen LogP) is -3.63. The molecule has 10 N–H and O–H groups in total. The van der Waals surface area contributed by atoms with Gasteiger partial charge in [0.25, 0.3) is 5.69 Å². The Morgan fingerprint density at radius 2 is 1.31 bits per heavy atom. The Balaban J connectivity index is 0.000000293. The van der Waals surface area contributed by atoms with Crippen LogP contribution < -0.4 is 0 Å². The molecule has 2 saturated heterocycles. The third kappa shape index (κ3) is 8.64. The Morgan fingerprint density at radius 1 is 0.872 bits per heavy atom. The summed E-state index contributed by atoms with van der Waals surface area (Å²) in [5.74, 6) is 0. The monoisotopic (exact) mass is 589 g/mol. The second kappa shape index (κ2) is 14.3. The second-order valence-corrected chi connectivity index (χ2v) is 9.78. The Hall–Kier alpha value is -1.71. The van der Waals surface area contributed by atoms with Gasteiger partial charge in [0.05, 0.1) is 29.8 Å². The van der Waals surface area contributed by atoms with Crippen molar-refractivity contribution in [3.63, 3.8) is 0 Å². The van der Waals surface area contributed by atoms with Crippen LogP contribution in [0.2, 0.25) is 0 Å². The first-order valence-electron chi connectivity index (χ1n) is 11.4. The number of nitro groups is 1. The standard InChI is InChI=1S/C12H22O11.C8H10NO6P/c13-1-3-5(15)7(17)9(19)11(21-3)23-12-10(20)8(18)6(16)4(2-14)22-12;1-6(15-16(12,13)14)7-4-2-3-5-8(7)9(10)11/h3-20H,1-2H2;2-6H,1H3,(H2,12,13,14)/t3-,4-,5-,6-,7+,8+,9-,10-,11-,12-;/m1./s1. The molecule has 11 atom stereocenters. The second-order valence-electron chi connectivity index (χ2n) is 8.58. The zero-order valence-corrected chi connectivity index (χ0v) is 21.2. The van der Waals surface area contributed by atoms with E-state index >= 15 is 0 Å². The molecule has 2 aliphatic heterocycles. The van der Waals surface area contributed by atoms with E-state index in [9.17, 15) is 45.3 Å². The van der Waals surface area contributed by atoms with Crippen LogP contribution in [0.25, 0.3) is 0 Å². The molecule has 1 aromatic rings. The van der Waals surface area contributed by atoms with Gasteiger partial charge in [0.2, 0.25) is 0 Å². The summed E-state index contributed by atoms with van der Waals surface area (Å²) in [7, 11) is -4.66. The molecule has 0 saturated carbocycles. The van der Waals surface area contributed by atoms with E-state index in [-0.39, 0.29) is 11.3 Å². The molecule has 39 heavy (non-hydrogen) atoms. The van der Waals surface area contributed by atoms with Gasteiger partial charge in [-0.15, -0.1) is 0 Å². The van der Waals surface area contributed by atoms with Crippen molar-refractivity contribution in [3.8, 4) is 0 Å². The number of ether oxygens (including phenoxy) is 3. The number of hydrogen-bond acceptors (Lipinski definition) is 15. The van der Waals surface area contributed by atoms with Gasteiger partial charge in [-0.3, -0.25) is 14.6 Å². The minimum absolute atomic E-state index is 0.121. The molecule has 0 radical (unpaired) electrons. The molecule has 3 rings (SSSR count). The fourth-order valence-electron chi connectivity index (χ4n) is 3.75. The van der Waals surface area contributed by atoms with Crippen LogP contribution in [-0.2, 0) is 23.3 Å². The number of aliphatic hydroxyl groups excluding tert-OH is 8. The predicted molar refractivity (Wildman–Crippen MR) is 123 cm³/mol. The molecule has 0 aliphatic carbocycles. The van der Waals surface area contributed by atoms with Crippen molar-refractivity contribution in [2.24, 2.45) is 0 Å². The fourth-order valence-corrected chi connectivity index (χ4v) is 4.28. The number of benzene rings is 1. The molecule has 0 amide bonds. The summed E-state index contributed by atoms with van der Waals surface area (Å²) in [5, 5.41) is 87.1. The largest absolute Gasteiger partial charge is 0.470 e. The average molecular weight is 589 g/mol. The van der Waals surface area contributed by atoms with Crippen molar-refractivity contribution in [1.29, 1.82) is 0 Å². The molecule has 19 heteroatoms. The van der Waals surface area contributed by atoms with Gasteiger partial charge in [-0.1, -0.05) is 12.1 Å². The van der Waals surface area contributed by atoms with Crippen LogP contribution in [0.1, 0.15) is 18.6 Å². The van der Waals surface area contributed by atoms with Crippen LogP contribution in [0.15, 0.2) is 24.3 Å². The van der Waals surface area contributed by atoms with Gasteiger partial charge in [-0.05, 0) is 13.0 Å². The highest BCUT2D eigenvalue weighted by molar-refractivity contribution is 7.46. The van der Waals surface area contributed by atoms with E-state index in [1.54, 1.807) is 0 Å². The van der Waals surface area contributed by atoms with Crippen molar-refractivity contribution in [2.45, 2.75) is 74.4 Å². The summed E-state index contributed by atoms with van der Waals surface area (Å²) in [4.78, 5) is 27.2. The van der Waals surface area contributed by atoms with Crippen molar-refractivity contribution < 1.29 is 78.9 Å². The number of rotatable bonds is 8. The molecular formula is C20H32NO17P. The van der Waals surface area contributed by atoms with Gasteiger partial charge in [-0.25, -0.2) is 4.57 Å². The van der Waals surface area contributed by atoms with Gasteiger partial charge in [0, 0.05) is 6.07 Å². The summed E-state index contributed by atoms with van der Waals surface area (Å²) in [6.07, 6.45) is -16.6. The van der Waals surface area contributed by atoms with Crippen LogP contribution in [0.3, 0.4) is 0 Å². The molecular weight excluding hydrogens is 557 g/mol. The topological polar surface area (TPSA) is 299 Å². The normalized spacial score (nSPS) is 36.0. The average Bonchev–Trinajstić information content (AvgIpc) is 2.88. The summed E-state index contributed by atoms with van der Waals surface area (Å²) >= 11 is 0. The lowest BCUT2D eigenvalue weighted by atomic mass is 9.98. The molecule has 1 aromatic carbocycles. The first-order chi connectivity index (χ1) is 18.1. The molecule has 0 bridgehead atoms. The Morgan fingerprint density at radius 3 is 1.69 bits per heavy atom. The lowest BCUT2D eigenvalue weighted by Gasteiger charge is -2.44. The number of phosphoric ester groups is 1. The number of nitrogens with zero attached hydrogens (tertiary/aromatic N) is 1. The van der Waals surface area contributed by atoms with Crippen molar-refractivity contribution in [2.75, 3.05) is 13.2 Å². The Kier molecular flexibility index (Phi) is 12.3. The van der Waals surface area contributed by atoms with Gasteiger partial charge in [0.15, 0.2) is 12.6 Å². The van der Waals surface area contributed by atoms with Gasteiger partial charge in [-0.2, -0.15) is 0 Å². The first-order valence-corrected chi connectivity index (χ1v) is 12.9. The van der Waals surface area contributed by atoms with Crippen LogP contribution in [-0.4, -0.2) is 130 Å². The van der Waals surface area contributed by atoms with E-state index in [1.165, 1.54) is 31.2 Å². The molecule has 1 unspecified atom stereocenters. The lowest BCUT2D eigenvalue weighted by molar-refractivity contribution is -0.386.